The smallest absolute Gasteiger partial charge is 0.407 e. The summed E-state index contributed by atoms with van der Waals surface area (Å²) in [5.74, 6) is 0. The zero-order valence-electron chi connectivity index (χ0n) is 6.16. The molecular formula is C7H11NO3. The third kappa shape index (κ3) is 1.51. The molecule has 1 fully saturated rings. The molecule has 1 amide bonds. The molecule has 1 aliphatic rings. The Bertz CT molecular complexity index is 190. The highest BCUT2D eigenvalue weighted by molar-refractivity contribution is 5.66. The van der Waals surface area contributed by atoms with Crippen LogP contribution in [-0.2, 0) is 0 Å². The molecule has 0 bridgehead atoms. The van der Waals surface area contributed by atoms with Gasteiger partial charge in [0.2, 0.25) is 0 Å². The first-order chi connectivity index (χ1) is 5.15. The van der Waals surface area contributed by atoms with Crippen molar-refractivity contribution in [2.75, 3.05) is 13.2 Å². The van der Waals surface area contributed by atoms with Gasteiger partial charge in [0.05, 0.1) is 12.6 Å². The lowest BCUT2D eigenvalue weighted by molar-refractivity contribution is 0.118. The normalized spacial score (nSPS) is 24.3. The van der Waals surface area contributed by atoms with E-state index >= 15 is 0 Å². The van der Waals surface area contributed by atoms with Gasteiger partial charge in [-0.2, -0.15) is 0 Å². The van der Waals surface area contributed by atoms with Crippen molar-refractivity contribution in [1.82, 2.24) is 4.90 Å². The molecule has 1 heterocycles. The second kappa shape index (κ2) is 2.92. The van der Waals surface area contributed by atoms with Gasteiger partial charge in [0.25, 0.3) is 0 Å². The van der Waals surface area contributed by atoms with Crippen LogP contribution in [0.2, 0.25) is 0 Å². The first-order valence-corrected chi connectivity index (χ1v) is 3.42. The van der Waals surface area contributed by atoms with Gasteiger partial charge in [-0.15, -0.1) is 0 Å². The van der Waals surface area contributed by atoms with Crippen LogP contribution in [-0.4, -0.2) is 40.4 Å². The van der Waals surface area contributed by atoms with Crippen LogP contribution in [0.4, 0.5) is 4.79 Å². The molecule has 4 heteroatoms. The van der Waals surface area contributed by atoms with Gasteiger partial charge < -0.3 is 10.2 Å². The van der Waals surface area contributed by atoms with E-state index in [1.807, 2.05) is 0 Å². The van der Waals surface area contributed by atoms with Gasteiger partial charge >= 0.3 is 6.09 Å². The summed E-state index contributed by atoms with van der Waals surface area (Å²) in [7, 11) is 0. The zero-order chi connectivity index (χ0) is 8.43. The molecule has 0 radical (unpaired) electrons. The van der Waals surface area contributed by atoms with Crippen molar-refractivity contribution in [3.05, 3.63) is 12.2 Å². The maximum atomic E-state index is 10.5. The molecule has 4 nitrogen and oxygen atoms in total. The highest BCUT2D eigenvalue weighted by Crippen LogP contribution is 2.20. The van der Waals surface area contributed by atoms with Crippen molar-refractivity contribution in [2.45, 2.75) is 12.5 Å². The Kier molecular flexibility index (Phi) is 2.14. The van der Waals surface area contributed by atoms with Gasteiger partial charge in [-0.05, 0) is 6.42 Å². The molecule has 11 heavy (non-hydrogen) atoms. The number of carboxylic acid groups (broad SMARTS) is 1. The standard InChI is InChI=1S/C7H11NO3/c1-5-2-6(4-9)8(3-5)7(10)11/h6,9H,1-4H2,(H,10,11)/t6-/m0/s1. The highest BCUT2D eigenvalue weighted by Gasteiger charge is 2.29. The van der Waals surface area contributed by atoms with E-state index in [0.717, 1.165) is 5.57 Å². The predicted octanol–water partition coefficient (Wildman–Crippen LogP) is 0.287. The fourth-order valence-corrected chi connectivity index (χ4v) is 1.26. The van der Waals surface area contributed by atoms with Crippen LogP contribution in [0.25, 0.3) is 0 Å². The number of hydrogen-bond acceptors (Lipinski definition) is 2. The second-order valence-electron chi connectivity index (χ2n) is 2.70. The first kappa shape index (κ1) is 8.07. The van der Waals surface area contributed by atoms with Gasteiger partial charge in [-0.25, -0.2) is 4.79 Å². The molecule has 1 atom stereocenters. The number of aliphatic hydroxyl groups excluding tert-OH is 1. The Morgan fingerprint density at radius 2 is 2.45 bits per heavy atom. The monoisotopic (exact) mass is 157 g/mol. The lowest BCUT2D eigenvalue weighted by atomic mass is 10.2. The van der Waals surface area contributed by atoms with Crippen LogP contribution < -0.4 is 0 Å². The van der Waals surface area contributed by atoms with Gasteiger partial charge in [0.15, 0.2) is 0 Å². The van der Waals surface area contributed by atoms with Crippen LogP contribution in [0.5, 0.6) is 0 Å². The van der Waals surface area contributed by atoms with Crippen molar-refractivity contribution in [3.8, 4) is 0 Å². The van der Waals surface area contributed by atoms with Crippen molar-refractivity contribution in [2.24, 2.45) is 0 Å². The summed E-state index contributed by atoms with van der Waals surface area (Å²) >= 11 is 0. The van der Waals surface area contributed by atoms with Crippen LogP contribution in [0.1, 0.15) is 6.42 Å². The number of aliphatic hydroxyl groups is 1. The third-order valence-electron chi connectivity index (χ3n) is 1.82. The predicted molar refractivity (Wildman–Crippen MR) is 39.4 cm³/mol. The lowest BCUT2D eigenvalue weighted by Gasteiger charge is -2.17. The highest BCUT2D eigenvalue weighted by atomic mass is 16.4. The number of amides is 1. The quantitative estimate of drug-likeness (QED) is 0.538. The van der Waals surface area contributed by atoms with Gasteiger partial charge in [0.1, 0.15) is 0 Å². The Morgan fingerprint density at radius 1 is 1.82 bits per heavy atom. The minimum Gasteiger partial charge on any atom is -0.465 e. The minimum absolute atomic E-state index is 0.120. The van der Waals surface area contributed by atoms with E-state index in [1.165, 1.54) is 4.90 Å². The summed E-state index contributed by atoms with van der Waals surface area (Å²) in [5, 5.41) is 17.4. The average Bonchev–Trinajstić information content (AvgIpc) is 2.30. The van der Waals surface area contributed by atoms with Crippen molar-refractivity contribution >= 4 is 6.09 Å². The topological polar surface area (TPSA) is 60.8 Å². The molecule has 1 aliphatic heterocycles. The van der Waals surface area contributed by atoms with Crippen LogP contribution >= 0.6 is 0 Å². The molecule has 0 aromatic rings. The Hall–Kier alpha value is -1.03. The van der Waals surface area contributed by atoms with E-state index in [-0.39, 0.29) is 12.6 Å². The van der Waals surface area contributed by atoms with Crippen molar-refractivity contribution < 1.29 is 15.0 Å². The zero-order valence-corrected chi connectivity index (χ0v) is 6.16. The third-order valence-corrected chi connectivity index (χ3v) is 1.82. The molecule has 0 aromatic heterocycles. The van der Waals surface area contributed by atoms with E-state index in [9.17, 15) is 4.79 Å². The number of likely N-dealkylation sites (tertiary alicyclic amines) is 1. The molecule has 0 saturated carbocycles. The summed E-state index contributed by atoms with van der Waals surface area (Å²) in [5.41, 5.74) is 0.867. The summed E-state index contributed by atoms with van der Waals surface area (Å²) in [4.78, 5) is 11.7. The molecule has 0 spiro atoms. The van der Waals surface area contributed by atoms with Crippen LogP contribution in [0, 0.1) is 0 Å². The molecule has 0 unspecified atom stereocenters. The molecule has 2 N–H and O–H groups in total. The largest absolute Gasteiger partial charge is 0.465 e. The van der Waals surface area contributed by atoms with E-state index in [0.29, 0.717) is 13.0 Å². The summed E-state index contributed by atoms with van der Waals surface area (Å²) in [6, 6.07) is -0.278. The second-order valence-corrected chi connectivity index (χ2v) is 2.70. The van der Waals surface area contributed by atoms with Crippen LogP contribution in [0.3, 0.4) is 0 Å². The van der Waals surface area contributed by atoms with E-state index in [1.54, 1.807) is 0 Å². The van der Waals surface area contributed by atoms with E-state index < -0.39 is 6.09 Å². The maximum Gasteiger partial charge on any atom is 0.407 e. The summed E-state index contributed by atoms with van der Waals surface area (Å²) in [6.45, 7) is 3.91. The van der Waals surface area contributed by atoms with Gasteiger partial charge in [-0.1, -0.05) is 12.2 Å². The Morgan fingerprint density at radius 3 is 2.82 bits per heavy atom. The lowest BCUT2D eigenvalue weighted by Crippen LogP contribution is -2.36. The number of nitrogens with zero attached hydrogens (tertiary/aromatic N) is 1. The van der Waals surface area contributed by atoms with Crippen LogP contribution in [0.15, 0.2) is 12.2 Å². The molecule has 1 saturated heterocycles. The molecule has 0 aromatic carbocycles. The fourth-order valence-electron chi connectivity index (χ4n) is 1.26. The summed E-state index contributed by atoms with van der Waals surface area (Å²) in [6.07, 6.45) is -0.397. The Labute approximate surface area is 64.7 Å². The molecule has 1 rings (SSSR count). The number of carbonyl (C=O) groups is 1. The van der Waals surface area contributed by atoms with Crippen molar-refractivity contribution in [3.63, 3.8) is 0 Å². The van der Waals surface area contributed by atoms with Gasteiger partial charge in [0, 0.05) is 6.54 Å². The number of rotatable bonds is 1. The molecule has 0 aliphatic carbocycles. The molecular weight excluding hydrogens is 146 g/mol. The van der Waals surface area contributed by atoms with Crippen molar-refractivity contribution in [1.29, 1.82) is 0 Å². The van der Waals surface area contributed by atoms with E-state index in [4.69, 9.17) is 10.2 Å². The van der Waals surface area contributed by atoms with E-state index in [2.05, 4.69) is 6.58 Å². The first-order valence-electron chi connectivity index (χ1n) is 3.42. The SMILES string of the molecule is C=C1C[C@@H](CO)N(C(=O)O)C1. The number of hydrogen-bond donors (Lipinski definition) is 2. The Balaban J connectivity index is 2.64. The fraction of sp³-hybridized carbons (Fsp3) is 0.571. The maximum absolute atomic E-state index is 10.5. The molecule has 62 valence electrons. The average molecular weight is 157 g/mol. The summed E-state index contributed by atoms with van der Waals surface area (Å²) < 4.78 is 0. The minimum atomic E-state index is -0.984. The van der Waals surface area contributed by atoms with Gasteiger partial charge in [-0.3, -0.25) is 4.90 Å².